The van der Waals surface area contributed by atoms with Gasteiger partial charge < -0.3 is 11.1 Å². The van der Waals surface area contributed by atoms with Gasteiger partial charge in [0.1, 0.15) is 0 Å². The largest absolute Gasteiger partial charge is 0.330 e. The second-order valence-electron chi connectivity index (χ2n) is 3.35. The quantitative estimate of drug-likeness (QED) is 0.590. The van der Waals surface area contributed by atoms with Gasteiger partial charge in [-0.15, -0.1) is 0 Å². The molecule has 2 heteroatoms. The standard InChI is InChI=1S/C9H18N2/c1-8(2-4-10)6-9-3-5-11-7-9/h9,11H,1-7,10H2. The summed E-state index contributed by atoms with van der Waals surface area (Å²) in [6, 6.07) is 0. The van der Waals surface area contributed by atoms with Crippen LogP contribution in [-0.2, 0) is 0 Å². The molecule has 3 N–H and O–H groups in total. The van der Waals surface area contributed by atoms with Crippen LogP contribution in [0.1, 0.15) is 19.3 Å². The van der Waals surface area contributed by atoms with Crippen molar-refractivity contribution in [2.75, 3.05) is 19.6 Å². The average Bonchev–Trinajstić information content (AvgIpc) is 2.40. The fraction of sp³-hybridized carbons (Fsp3) is 0.778. The van der Waals surface area contributed by atoms with Crippen LogP contribution in [0.15, 0.2) is 12.2 Å². The maximum absolute atomic E-state index is 5.43. The Hall–Kier alpha value is -0.340. The Balaban J connectivity index is 2.13. The van der Waals surface area contributed by atoms with Crippen molar-refractivity contribution in [3.8, 4) is 0 Å². The van der Waals surface area contributed by atoms with Gasteiger partial charge >= 0.3 is 0 Å². The van der Waals surface area contributed by atoms with Crippen LogP contribution in [0.5, 0.6) is 0 Å². The van der Waals surface area contributed by atoms with Gasteiger partial charge in [-0.1, -0.05) is 12.2 Å². The molecular formula is C9H18N2. The minimum atomic E-state index is 0.749. The van der Waals surface area contributed by atoms with Gasteiger partial charge in [-0.25, -0.2) is 0 Å². The molecule has 1 fully saturated rings. The first kappa shape index (κ1) is 8.75. The first-order valence-electron chi connectivity index (χ1n) is 4.40. The zero-order valence-corrected chi connectivity index (χ0v) is 7.10. The van der Waals surface area contributed by atoms with Crippen molar-refractivity contribution in [2.24, 2.45) is 11.7 Å². The van der Waals surface area contributed by atoms with Crippen LogP contribution in [0.3, 0.4) is 0 Å². The molecule has 0 aromatic rings. The van der Waals surface area contributed by atoms with Crippen LogP contribution in [0.2, 0.25) is 0 Å². The Morgan fingerprint density at radius 1 is 1.64 bits per heavy atom. The van der Waals surface area contributed by atoms with Crippen LogP contribution in [0.25, 0.3) is 0 Å². The van der Waals surface area contributed by atoms with Crippen molar-refractivity contribution >= 4 is 0 Å². The highest BCUT2D eigenvalue weighted by molar-refractivity contribution is 4.97. The molecule has 0 saturated carbocycles. The van der Waals surface area contributed by atoms with E-state index in [0.29, 0.717) is 0 Å². The molecule has 0 bridgehead atoms. The van der Waals surface area contributed by atoms with Gasteiger partial charge in [0.2, 0.25) is 0 Å². The Bertz CT molecular complexity index is 126. The van der Waals surface area contributed by atoms with E-state index in [1.807, 2.05) is 0 Å². The lowest BCUT2D eigenvalue weighted by molar-refractivity contribution is 0.567. The summed E-state index contributed by atoms with van der Waals surface area (Å²) >= 11 is 0. The fourth-order valence-corrected chi connectivity index (χ4v) is 1.60. The van der Waals surface area contributed by atoms with Crippen molar-refractivity contribution in [3.63, 3.8) is 0 Å². The van der Waals surface area contributed by atoms with Crippen molar-refractivity contribution in [2.45, 2.75) is 19.3 Å². The molecule has 0 aromatic carbocycles. The lowest BCUT2D eigenvalue weighted by atomic mass is 9.98. The van der Waals surface area contributed by atoms with Crippen LogP contribution >= 0.6 is 0 Å². The van der Waals surface area contributed by atoms with E-state index in [9.17, 15) is 0 Å². The summed E-state index contributed by atoms with van der Waals surface area (Å²) in [5.41, 5.74) is 6.75. The third-order valence-corrected chi connectivity index (χ3v) is 2.24. The monoisotopic (exact) mass is 154 g/mol. The first-order chi connectivity index (χ1) is 5.33. The highest BCUT2D eigenvalue weighted by Gasteiger charge is 2.14. The van der Waals surface area contributed by atoms with Crippen LogP contribution < -0.4 is 11.1 Å². The number of rotatable bonds is 4. The Kier molecular flexibility index (Phi) is 3.60. The molecule has 1 unspecified atom stereocenters. The topological polar surface area (TPSA) is 38.0 Å². The van der Waals surface area contributed by atoms with Crippen LogP contribution in [-0.4, -0.2) is 19.6 Å². The highest BCUT2D eigenvalue weighted by atomic mass is 14.9. The van der Waals surface area contributed by atoms with Crippen molar-refractivity contribution in [1.82, 2.24) is 5.32 Å². The summed E-state index contributed by atoms with van der Waals surface area (Å²) in [5, 5.41) is 3.35. The van der Waals surface area contributed by atoms with E-state index in [2.05, 4.69) is 11.9 Å². The van der Waals surface area contributed by atoms with Crippen molar-refractivity contribution in [1.29, 1.82) is 0 Å². The third kappa shape index (κ3) is 3.04. The predicted octanol–water partition coefficient (Wildman–Crippen LogP) is 0.891. The Morgan fingerprint density at radius 2 is 2.45 bits per heavy atom. The molecule has 0 aromatic heterocycles. The Morgan fingerprint density at radius 3 is 3.00 bits per heavy atom. The fourth-order valence-electron chi connectivity index (χ4n) is 1.60. The van der Waals surface area contributed by atoms with E-state index in [1.54, 1.807) is 0 Å². The molecule has 1 aliphatic heterocycles. The molecule has 2 nitrogen and oxygen atoms in total. The smallest absolute Gasteiger partial charge is 0.00170 e. The molecule has 1 saturated heterocycles. The first-order valence-corrected chi connectivity index (χ1v) is 4.40. The van der Waals surface area contributed by atoms with Crippen molar-refractivity contribution in [3.05, 3.63) is 12.2 Å². The summed E-state index contributed by atoms with van der Waals surface area (Å²) in [6.07, 6.45) is 3.48. The van der Waals surface area contributed by atoms with Crippen molar-refractivity contribution < 1.29 is 0 Å². The van der Waals surface area contributed by atoms with E-state index in [-0.39, 0.29) is 0 Å². The summed E-state index contributed by atoms with van der Waals surface area (Å²) in [7, 11) is 0. The predicted molar refractivity (Wildman–Crippen MR) is 48.4 cm³/mol. The van der Waals surface area contributed by atoms with Gasteiger partial charge in [0, 0.05) is 0 Å². The zero-order chi connectivity index (χ0) is 8.10. The molecule has 0 spiro atoms. The molecule has 0 radical (unpaired) electrons. The molecule has 0 aliphatic carbocycles. The summed E-state index contributed by atoms with van der Waals surface area (Å²) < 4.78 is 0. The maximum Gasteiger partial charge on any atom is -0.00170 e. The van der Waals surface area contributed by atoms with Gasteiger partial charge in [0.15, 0.2) is 0 Å². The minimum Gasteiger partial charge on any atom is -0.330 e. The average molecular weight is 154 g/mol. The number of nitrogens with one attached hydrogen (secondary N) is 1. The number of nitrogens with two attached hydrogens (primary N) is 1. The maximum atomic E-state index is 5.43. The van der Waals surface area contributed by atoms with E-state index in [1.165, 1.54) is 31.5 Å². The second kappa shape index (κ2) is 4.52. The number of hydrogen-bond donors (Lipinski definition) is 2. The molecule has 64 valence electrons. The summed E-state index contributed by atoms with van der Waals surface area (Å²) in [6.45, 7) is 7.10. The lowest BCUT2D eigenvalue weighted by Gasteiger charge is -2.09. The van der Waals surface area contributed by atoms with Gasteiger partial charge in [-0.3, -0.25) is 0 Å². The molecule has 1 rings (SSSR count). The van der Waals surface area contributed by atoms with Gasteiger partial charge in [0.05, 0.1) is 0 Å². The van der Waals surface area contributed by atoms with Crippen LogP contribution in [0.4, 0.5) is 0 Å². The highest BCUT2D eigenvalue weighted by Crippen LogP contribution is 2.18. The van der Waals surface area contributed by atoms with E-state index in [0.717, 1.165) is 18.9 Å². The molecule has 1 atom stereocenters. The summed E-state index contributed by atoms with van der Waals surface area (Å²) in [4.78, 5) is 0. The second-order valence-corrected chi connectivity index (χ2v) is 3.35. The Labute approximate surface area is 68.9 Å². The molecule has 0 amide bonds. The molecule has 11 heavy (non-hydrogen) atoms. The third-order valence-electron chi connectivity index (χ3n) is 2.24. The lowest BCUT2D eigenvalue weighted by Crippen LogP contribution is -2.10. The molecule has 1 heterocycles. The van der Waals surface area contributed by atoms with Crippen LogP contribution in [0, 0.1) is 5.92 Å². The van der Waals surface area contributed by atoms with Gasteiger partial charge in [-0.05, 0) is 44.8 Å². The zero-order valence-electron chi connectivity index (χ0n) is 7.10. The normalized spacial score (nSPS) is 23.9. The van der Waals surface area contributed by atoms with E-state index >= 15 is 0 Å². The van der Waals surface area contributed by atoms with E-state index < -0.39 is 0 Å². The number of hydrogen-bond acceptors (Lipinski definition) is 2. The molecular weight excluding hydrogens is 136 g/mol. The summed E-state index contributed by atoms with van der Waals surface area (Å²) in [5.74, 6) is 0.828. The van der Waals surface area contributed by atoms with Gasteiger partial charge in [-0.2, -0.15) is 0 Å². The molecule has 1 aliphatic rings. The SMILES string of the molecule is C=C(CCN)CC1CCNC1. The van der Waals surface area contributed by atoms with E-state index in [4.69, 9.17) is 5.73 Å². The minimum absolute atomic E-state index is 0.749. The van der Waals surface area contributed by atoms with Gasteiger partial charge in [0.25, 0.3) is 0 Å².